The predicted molar refractivity (Wildman–Crippen MR) is 270 cm³/mol. The van der Waals surface area contributed by atoms with Crippen molar-refractivity contribution in [2.24, 2.45) is 10.7 Å². The van der Waals surface area contributed by atoms with Crippen molar-refractivity contribution in [2.45, 2.75) is 44.5 Å². The number of nitriles is 2. The number of aliphatic imine (C=N–C) groups is 1. The summed E-state index contributed by atoms with van der Waals surface area (Å²) in [4.78, 5) is 82.3. The molecule has 4 aliphatic rings. The molecule has 0 radical (unpaired) electrons. The number of hydrogen-bond acceptors (Lipinski definition) is 10. The maximum Gasteiger partial charge on any atom is 0.416 e. The predicted octanol–water partition coefficient (Wildman–Crippen LogP) is 5.30. The molecule has 0 fully saturated rings. The van der Waals surface area contributed by atoms with Gasteiger partial charge >= 0.3 is 24.4 Å². The highest BCUT2D eigenvalue weighted by atomic mass is 19.4. The zero-order valence-corrected chi connectivity index (χ0v) is 41.9. The van der Waals surface area contributed by atoms with E-state index in [-0.39, 0.29) is 97.8 Å². The molecule has 0 aliphatic carbocycles. The molecule has 3 atom stereocenters. The number of carbonyl (C=O) groups is 5. The number of urea groups is 2. The van der Waals surface area contributed by atoms with Crippen molar-refractivity contribution in [3.05, 3.63) is 153 Å². The minimum atomic E-state index is -4.76. The summed E-state index contributed by atoms with van der Waals surface area (Å²) in [5, 5.41) is 38.6. The number of halogens is 6. The molecule has 0 bridgehead atoms. The molecule has 8 rings (SSSR count). The van der Waals surface area contributed by atoms with E-state index >= 15 is 0 Å². The standard InChI is InChI=1S/C53H51F6N13O6/c1-3-67-27-39-43(47(67)75)45(33-15-11-31(25-60)12-16-33)69(50(77)71(39)37-9-5-7-35(23-37)52(54,55)56)29-41(73)63-19-21-65-49(62)66-22-20-64-42(74)30-70-46(34-17-13-32(26-61)14-18-34)44-40(28-68(4-2)48(44)76)72(51(70)78)38-10-6-8-36(24-38)53(57,58)59/h5-18,23-24,41,45-46,63,73H,3-4,19-22,27-30H2,1-2H3,(H,64,74)(H3,62,65,66)/t41?,45-,46-/m1/s1. The lowest BCUT2D eigenvalue weighted by Gasteiger charge is -2.42. The third-order valence-corrected chi connectivity index (χ3v) is 13.5. The van der Waals surface area contributed by atoms with Crippen LogP contribution in [0.15, 0.2) is 125 Å². The number of amides is 7. The van der Waals surface area contributed by atoms with Gasteiger partial charge in [0.15, 0.2) is 5.96 Å². The Kier molecular flexibility index (Phi) is 16.1. The van der Waals surface area contributed by atoms with E-state index in [1.165, 1.54) is 63.2 Å². The smallest absolute Gasteiger partial charge is 0.377 e. The Hall–Kier alpha value is -8.94. The van der Waals surface area contributed by atoms with Crippen molar-refractivity contribution >= 4 is 47.1 Å². The van der Waals surface area contributed by atoms with Crippen LogP contribution in [0.1, 0.15) is 59.3 Å². The van der Waals surface area contributed by atoms with E-state index in [2.05, 4.69) is 20.9 Å². The van der Waals surface area contributed by atoms with Gasteiger partial charge in [-0.25, -0.2) is 9.59 Å². The van der Waals surface area contributed by atoms with Crippen molar-refractivity contribution in [2.75, 3.05) is 75.2 Å². The largest absolute Gasteiger partial charge is 0.416 e. The minimum Gasteiger partial charge on any atom is -0.377 e. The third kappa shape index (κ3) is 11.3. The first-order valence-corrected chi connectivity index (χ1v) is 24.5. The van der Waals surface area contributed by atoms with Gasteiger partial charge < -0.3 is 41.1 Å². The van der Waals surface area contributed by atoms with Crippen molar-refractivity contribution in [1.29, 1.82) is 10.5 Å². The lowest BCUT2D eigenvalue weighted by atomic mass is 9.92. The van der Waals surface area contributed by atoms with Crippen LogP contribution in [-0.4, -0.2) is 132 Å². The Labute approximate surface area is 443 Å². The molecule has 0 saturated heterocycles. The molecule has 78 heavy (non-hydrogen) atoms. The van der Waals surface area contributed by atoms with Crippen molar-refractivity contribution in [1.82, 2.24) is 35.6 Å². The summed E-state index contributed by atoms with van der Waals surface area (Å²) < 4.78 is 83.6. The number of nitrogens with two attached hydrogens (primary N) is 1. The highest BCUT2D eigenvalue weighted by Gasteiger charge is 2.51. The summed E-state index contributed by atoms with van der Waals surface area (Å²) in [7, 11) is 0. The fraction of sp³-hybridized carbons (Fsp3) is 0.321. The van der Waals surface area contributed by atoms with E-state index in [9.17, 15) is 65.9 Å². The van der Waals surface area contributed by atoms with Gasteiger partial charge in [0.2, 0.25) is 5.91 Å². The van der Waals surface area contributed by atoms with Gasteiger partial charge in [0.1, 0.15) is 12.8 Å². The maximum atomic E-state index is 14.6. The first-order valence-electron chi connectivity index (χ1n) is 24.5. The second kappa shape index (κ2) is 22.7. The SMILES string of the molecule is CCN1CC2=C(C1=O)[C@@H](c1ccc(C#N)cc1)N(CC(=O)NCCNC(N)=NCCNC(O)CN1C(=O)N(c3cccc(C(F)(F)F)c3)C3=C(C(=O)N(CC)C3)[C@H]1c1ccc(C#N)cc1)C(=O)N2c1cccc(C(F)(F)F)c1. The lowest BCUT2D eigenvalue weighted by Crippen LogP contribution is -2.54. The molecule has 4 aliphatic heterocycles. The van der Waals surface area contributed by atoms with E-state index in [0.29, 0.717) is 16.7 Å². The number of guanidine groups is 1. The van der Waals surface area contributed by atoms with Crippen LogP contribution in [0.5, 0.6) is 0 Å². The van der Waals surface area contributed by atoms with Crippen LogP contribution in [0.3, 0.4) is 0 Å². The fourth-order valence-electron chi connectivity index (χ4n) is 9.73. The topological polar surface area (TPSA) is 247 Å². The Morgan fingerprint density at radius 3 is 1.59 bits per heavy atom. The Morgan fingerprint density at radius 1 is 0.692 bits per heavy atom. The molecular weight excluding hydrogens is 1030 g/mol. The number of anilines is 2. The number of β-amino-alcohol motifs (C(OH)–C–C–N with tert-alkyl or cyclic N) is 1. The molecule has 0 saturated carbocycles. The Balaban J connectivity index is 0.922. The number of carbonyl (C=O) groups excluding carboxylic acids is 5. The molecule has 7 amide bonds. The number of benzene rings is 4. The van der Waals surface area contributed by atoms with Gasteiger partial charge in [0.25, 0.3) is 11.8 Å². The van der Waals surface area contributed by atoms with Gasteiger partial charge in [-0.3, -0.25) is 34.5 Å². The van der Waals surface area contributed by atoms with E-state index in [1.807, 2.05) is 12.1 Å². The summed E-state index contributed by atoms with van der Waals surface area (Å²) in [6, 6.07) is 20.4. The highest BCUT2D eigenvalue weighted by molar-refractivity contribution is 6.09. The van der Waals surface area contributed by atoms with Crippen molar-refractivity contribution < 1.29 is 55.4 Å². The summed E-state index contributed by atoms with van der Waals surface area (Å²) in [6.07, 6.45) is -11.0. The first kappa shape index (κ1) is 55.3. The van der Waals surface area contributed by atoms with Crippen LogP contribution in [0.25, 0.3) is 0 Å². The Bertz CT molecular complexity index is 3190. The number of likely N-dealkylation sites (N-methyl/N-ethyl adjacent to an activating group) is 2. The average molecular weight is 1080 g/mol. The first-order chi connectivity index (χ1) is 37.2. The van der Waals surface area contributed by atoms with E-state index in [4.69, 9.17) is 5.73 Å². The molecule has 0 spiro atoms. The molecule has 4 aromatic rings. The highest BCUT2D eigenvalue weighted by Crippen LogP contribution is 2.46. The van der Waals surface area contributed by atoms with Gasteiger partial charge in [0.05, 0.1) is 107 Å². The summed E-state index contributed by atoms with van der Waals surface area (Å²) in [6.45, 7) is 2.38. The van der Waals surface area contributed by atoms with Crippen molar-refractivity contribution in [3.8, 4) is 12.1 Å². The van der Waals surface area contributed by atoms with Crippen LogP contribution in [0.2, 0.25) is 0 Å². The van der Waals surface area contributed by atoms with Gasteiger partial charge in [-0.1, -0.05) is 36.4 Å². The third-order valence-electron chi connectivity index (χ3n) is 13.5. The normalized spacial score (nSPS) is 18.4. The molecule has 406 valence electrons. The number of alkyl halides is 6. The van der Waals surface area contributed by atoms with Crippen LogP contribution in [-0.2, 0) is 26.7 Å². The van der Waals surface area contributed by atoms with Gasteiger partial charge in [-0.05, 0) is 85.6 Å². The van der Waals surface area contributed by atoms with Gasteiger partial charge in [-0.2, -0.15) is 36.9 Å². The van der Waals surface area contributed by atoms with Gasteiger partial charge in [-0.15, -0.1) is 0 Å². The van der Waals surface area contributed by atoms with Crippen LogP contribution in [0.4, 0.5) is 47.3 Å². The van der Waals surface area contributed by atoms with Crippen molar-refractivity contribution in [3.63, 3.8) is 0 Å². The zero-order chi connectivity index (χ0) is 56.2. The number of hydrogen-bond donors (Lipinski definition) is 5. The fourth-order valence-corrected chi connectivity index (χ4v) is 9.73. The molecule has 25 heteroatoms. The summed E-state index contributed by atoms with van der Waals surface area (Å²) >= 11 is 0. The van der Waals surface area contributed by atoms with E-state index in [1.54, 1.807) is 26.0 Å². The second-order valence-corrected chi connectivity index (χ2v) is 18.3. The maximum absolute atomic E-state index is 14.6. The number of nitrogens with one attached hydrogen (secondary N) is 3. The van der Waals surface area contributed by atoms with Crippen LogP contribution in [0, 0.1) is 22.7 Å². The quantitative estimate of drug-likeness (QED) is 0.0299. The molecule has 4 aromatic carbocycles. The van der Waals surface area contributed by atoms with E-state index in [0.717, 1.165) is 51.1 Å². The second-order valence-electron chi connectivity index (χ2n) is 18.3. The summed E-state index contributed by atoms with van der Waals surface area (Å²) in [5.74, 6) is -1.75. The molecule has 0 aromatic heterocycles. The number of aliphatic hydroxyl groups excluding tert-OH is 1. The Morgan fingerprint density at radius 2 is 1.14 bits per heavy atom. The average Bonchev–Trinajstić information content (AvgIpc) is 4.16. The van der Waals surface area contributed by atoms with E-state index < -0.39 is 84.7 Å². The molecule has 1 unspecified atom stereocenters. The van der Waals surface area contributed by atoms with Crippen LogP contribution >= 0.6 is 0 Å². The number of aliphatic hydroxyl groups is 1. The summed E-state index contributed by atoms with van der Waals surface area (Å²) in [5.41, 5.74) is 5.58. The lowest BCUT2D eigenvalue weighted by molar-refractivity contribution is -0.138. The zero-order valence-electron chi connectivity index (χ0n) is 41.9. The number of nitrogens with zero attached hydrogens (tertiary/aromatic N) is 9. The molecule has 4 heterocycles. The number of rotatable bonds is 17. The molecule has 6 N–H and O–H groups in total. The van der Waals surface area contributed by atoms with Gasteiger partial charge in [0, 0.05) is 32.7 Å². The molecule has 19 nitrogen and oxygen atoms in total. The monoisotopic (exact) mass is 1080 g/mol. The minimum absolute atomic E-state index is 0.00192. The van der Waals surface area contributed by atoms with Crippen LogP contribution < -0.4 is 31.5 Å². The molecular formula is C53H51F6N13O6.